The van der Waals surface area contributed by atoms with Crippen LogP contribution in [0.4, 0.5) is 23.1 Å². The van der Waals surface area contributed by atoms with E-state index in [1.165, 1.54) is 12.8 Å². The van der Waals surface area contributed by atoms with E-state index in [9.17, 15) is 9.59 Å². The van der Waals surface area contributed by atoms with Crippen LogP contribution in [-0.4, -0.2) is 68.3 Å². The van der Waals surface area contributed by atoms with Crippen molar-refractivity contribution in [2.45, 2.75) is 64.5 Å². The normalized spacial score (nSPS) is 18.7. The number of ether oxygens (including phenoxy) is 2. The van der Waals surface area contributed by atoms with Crippen molar-refractivity contribution in [3.8, 4) is 5.75 Å². The van der Waals surface area contributed by atoms with Crippen molar-refractivity contribution in [3.05, 3.63) is 30.0 Å². The highest BCUT2D eigenvalue weighted by Gasteiger charge is 2.35. The zero-order chi connectivity index (χ0) is 27.2. The molecule has 1 fully saturated rings. The summed E-state index contributed by atoms with van der Waals surface area (Å²) >= 11 is 0. The first-order valence-electron chi connectivity index (χ1n) is 13.5. The number of rotatable bonds is 10. The Morgan fingerprint density at radius 2 is 2.00 bits per heavy atom. The quantitative estimate of drug-likeness (QED) is 0.478. The minimum Gasteiger partial charge on any atom is -0.495 e. The van der Waals surface area contributed by atoms with Gasteiger partial charge in [-0.05, 0) is 43.9 Å². The number of amides is 2. The van der Waals surface area contributed by atoms with Crippen LogP contribution in [0.1, 0.15) is 62.7 Å². The average molecular weight is 525 g/mol. The van der Waals surface area contributed by atoms with Crippen LogP contribution in [0.2, 0.25) is 0 Å². The number of aromatic nitrogens is 2. The standard InChI is InChI=1S/C28H40N6O4/c1-6-20(13-14-37-4)30-26(35)19-11-12-22(24(15-19)38-5)31-28-29-16-23-25(32-28)34(21-9-7-8-10-21)17-18(2)27(36)33(23)3/h11-12,15-16,18,20-21H,6-10,13-14,17H2,1-5H3,(H,30,35)(H,29,31,32)/t18-,20?/m1/s1. The van der Waals surface area contributed by atoms with Crippen molar-refractivity contribution in [1.82, 2.24) is 15.3 Å². The predicted octanol–water partition coefficient (Wildman–Crippen LogP) is 4.14. The average Bonchev–Trinajstić information content (AvgIpc) is 3.45. The van der Waals surface area contributed by atoms with Crippen molar-refractivity contribution < 1.29 is 19.1 Å². The number of carbonyl (C=O) groups is 2. The van der Waals surface area contributed by atoms with Crippen molar-refractivity contribution >= 4 is 35.0 Å². The Morgan fingerprint density at radius 3 is 2.68 bits per heavy atom. The number of fused-ring (bicyclic) bond motifs is 1. The van der Waals surface area contributed by atoms with Crippen LogP contribution in [0.5, 0.6) is 5.75 Å². The van der Waals surface area contributed by atoms with Gasteiger partial charge in [0.05, 0.1) is 24.9 Å². The first-order valence-corrected chi connectivity index (χ1v) is 13.5. The van der Waals surface area contributed by atoms with E-state index >= 15 is 0 Å². The largest absolute Gasteiger partial charge is 0.495 e. The van der Waals surface area contributed by atoms with E-state index in [1.54, 1.807) is 50.6 Å². The van der Waals surface area contributed by atoms with Gasteiger partial charge in [-0.2, -0.15) is 4.98 Å². The molecule has 2 N–H and O–H groups in total. The lowest BCUT2D eigenvalue weighted by Gasteiger charge is -2.31. The summed E-state index contributed by atoms with van der Waals surface area (Å²) in [7, 11) is 5.01. The summed E-state index contributed by atoms with van der Waals surface area (Å²) in [6.45, 7) is 5.24. The minimum atomic E-state index is -0.159. The van der Waals surface area contributed by atoms with E-state index in [2.05, 4.69) is 20.5 Å². The van der Waals surface area contributed by atoms with E-state index < -0.39 is 0 Å². The third kappa shape index (κ3) is 6.01. The van der Waals surface area contributed by atoms with Crippen molar-refractivity contribution in [2.75, 3.05) is 49.5 Å². The van der Waals surface area contributed by atoms with Gasteiger partial charge in [0, 0.05) is 45.0 Å². The van der Waals surface area contributed by atoms with Gasteiger partial charge in [-0.1, -0.05) is 26.7 Å². The maximum absolute atomic E-state index is 12.9. The number of hydrogen-bond donors (Lipinski definition) is 2. The summed E-state index contributed by atoms with van der Waals surface area (Å²) in [4.78, 5) is 39.2. The van der Waals surface area contributed by atoms with Crippen molar-refractivity contribution in [1.29, 1.82) is 0 Å². The van der Waals surface area contributed by atoms with Crippen LogP contribution in [-0.2, 0) is 9.53 Å². The molecule has 10 heteroatoms. The Kier molecular flexibility index (Phi) is 9.04. The molecule has 1 unspecified atom stereocenters. The fraction of sp³-hybridized carbons (Fsp3) is 0.571. The number of nitrogens with zero attached hydrogens (tertiary/aromatic N) is 4. The summed E-state index contributed by atoms with van der Waals surface area (Å²) in [5.74, 6) is 1.46. The fourth-order valence-electron chi connectivity index (χ4n) is 5.28. The molecule has 0 saturated heterocycles. The van der Waals surface area contributed by atoms with Gasteiger partial charge in [0.15, 0.2) is 5.82 Å². The summed E-state index contributed by atoms with van der Waals surface area (Å²) in [6, 6.07) is 5.66. The van der Waals surface area contributed by atoms with Crippen LogP contribution >= 0.6 is 0 Å². The lowest BCUT2D eigenvalue weighted by molar-refractivity contribution is -0.121. The van der Waals surface area contributed by atoms with Gasteiger partial charge in [0.2, 0.25) is 11.9 Å². The van der Waals surface area contributed by atoms with E-state index in [0.717, 1.165) is 37.2 Å². The number of benzene rings is 1. The summed E-state index contributed by atoms with van der Waals surface area (Å²) < 4.78 is 10.8. The molecule has 1 aromatic carbocycles. The topological polar surface area (TPSA) is 109 Å². The molecule has 2 heterocycles. The number of carbonyl (C=O) groups excluding carboxylic acids is 2. The minimum absolute atomic E-state index is 0.0368. The van der Waals surface area contributed by atoms with Gasteiger partial charge in [0.25, 0.3) is 5.91 Å². The van der Waals surface area contributed by atoms with Crippen molar-refractivity contribution in [2.24, 2.45) is 5.92 Å². The molecule has 38 heavy (non-hydrogen) atoms. The van der Waals surface area contributed by atoms with Crippen LogP contribution in [0, 0.1) is 5.92 Å². The zero-order valence-corrected chi connectivity index (χ0v) is 23.1. The molecule has 0 spiro atoms. The Labute approximate surface area is 225 Å². The molecule has 0 radical (unpaired) electrons. The molecule has 1 aliphatic heterocycles. The molecule has 2 atom stereocenters. The lowest BCUT2D eigenvalue weighted by Crippen LogP contribution is -2.38. The number of nitrogens with one attached hydrogen (secondary N) is 2. The van der Waals surface area contributed by atoms with E-state index in [4.69, 9.17) is 14.5 Å². The second kappa shape index (κ2) is 12.4. The van der Waals surface area contributed by atoms with Gasteiger partial charge in [-0.25, -0.2) is 4.98 Å². The maximum Gasteiger partial charge on any atom is 0.251 e. The molecule has 2 aromatic rings. The molecule has 206 valence electrons. The monoisotopic (exact) mass is 524 g/mol. The number of hydrogen-bond acceptors (Lipinski definition) is 8. The van der Waals surface area contributed by atoms with E-state index in [0.29, 0.717) is 42.1 Å². The van der Waals surface area contributed by atoms with E-state index in [-0.39, 0.29) is 23.8 Å². The van der Waals surface area contributed by atoms with Crippen LogP contribution < -0.4 is 25.2 Å². The van der Waals surface area contributed by atoms with E-state index in [1.807, 2.05) is 13.8 Å². The first-order chi connectivity index (χ1) is 18.4. The molecule has 4 rings (SSSR count). The Bertz CT molecular complexity index is 1140. The third-order valence-corrected chi connectivity index (χ3v) is 7.58. The van der Waals surface area contributed by atoms with Gasteiger partial charge < -0.3 is 29.9 Å². The first kappa shape index (κ1) is 27.6. The number of methoxy groups -OCH3 is 2. The Morgan fingerprint density at radius 1 is 1.24 bits per heavy atom. The van der Waals surface area contributed by atoms with Crippen LogP contribution in [0.25, 0.3) is 0 Å². The maximum atomic E-state index is 12.9. The molecular weight excluding hydrogens is 484 g/mol. The van der Waals surface area contributed by atoms with Crippen LogP contribution in [0.3, 0.4) is 0 Å². The fourth-order valence-corrected chi connectivity index (χ4v) is 5.28. The van der Waals surface area contributed by atoms with Gasteiger partial charge in [-0.15, -0.1) is 0 Å². The van der Waals surface area contributed by atoms with Gasteiger partial charge in [0.1, 0.15) is 11.4 Å². The molecule has 1 aliphatic carbocycles. The zero-order valence-electron chi connectivity index (χ0n) is 23.1. The SMILES string of the molecule is CCC(CCOC)NC(=O)c1ccc(Nc2ncc3c(n2)N(C2CCCC2)C[C@@H](C)C(=O)N3C)c(OC)c1. The molecule has 10 nitrogen and oxygen atoms in total. The number of anilines is 4. The molecule has 0 bridgehead atoms. The second-order valence-electron chi connectivity index (χ2n) is 10.2. The molecule has 1 aromatic heterocycles. The molecule has 2 amide bonds. The molecule has 1 saturated carbocycles. The van der Waals surface area contributed by atoms with Gasteiger partial charge in [-0.3, -0.25) is 9.59 Å². The highest BCUT2D eigenvalue weighted by Crippen LogP contribution is 2.38. The third-order valence-electron chi connectivity index (χ3n) is 7.58. The summed E-state index contributed by atoms with van der Waals surface area (Å²) in [5, 5.41) is 6.33. The van der Waals surface area contributed by atoms with Crippen LogP contribution in [0.15, 0.2) is 24.4 Å². The predicted molar refractivity (Wildman–Crippen MR) is 149 cm³/mol. The lowest BCUT2D eigenvalue weighted by atomic mass is 10.1. The Hall–Kier alpha value is -3.40. The van der Waals surface area contributed by atoms with Gasteiger partial charge >= 0.3 is 0 Å². The van der Waals surface area contributed by atoms with Crippen molar-refractivity contribution in [3.63, 3.8) is 0 Å². The molecular formula is C28H40N6O4. The highest BCUT2D eigenvalue weighted by atomic mass is 16.5. The summed E-state index contributed by atoms with van der Waals surface area (Å²) in [6.07, 6.45) is 7.85. The summed E-state index contributed by atoms with van der Waals surface area (Å²) in [5.41, 5.74) is 1.87. The highest BCUT2D eigenvalue weighted by molar-refractivity contribution is 5.99. The molecule has 2 aliphatic rings. The smallest absolute Gasteiger partial charge is 0.251 e. The Balaban J connectivity index is 1.58. The second-order valence-corrected chi connectivity index (χ2v) is 10.2.